The van der Waals surface area contributed by atoms with Gasteiger partial charge in [0.25, 0.3) is 5.91 Å². The highest BCUT2D eigenvalue weighted by molar-refractivity contribution is 5.95. The monoisotopic (exact) mass is 420 g/mol. The van der Waals surface area contributed by atoms with Gasteiger partial charge in [0, 0.05) is 37.7 Å². The molecule has 160 valence electrons. The number of aromatic amines is 1. The zero-order chi connectivity index (χ0) is 21.8. The Hall–Kier alpha value is -3.59. The number of rotatable bonds is 6. The van der Waals surface area contributed by atoms with Crippen molar-refractivity contribution < 1.29 is 14.3 Å². The molecule has 1 fully saturated rings. The van der Waals surface area contributed by atoms with Gasteiger partial charge >= 0.3 is 0 Å². The Labute approximate surface area is 179 Å². The number of H-pyrrole nitrogens is 1. The number of carbonyl (C=O) groups excluding carboxylic acids is 2. The molecule has 1 aromatic carbocycles. The van der Waals surface area contributed by atoms with Crippen LogP contribution in [-0.4, -0.2) is 69.7 Å². The number of ether oxygens (including phenoxy) is 1. The fraction of sp³-hybridized carbons (Fsp3) is 0.318. The minimum atomic E-state index is -0.319. The molecule has 0 bridgehead atoms. The molecule has 3 aromatic rings. The molecule has 4 rings (SSSR count). The summed E-state index contributed by atoms with van der Waals surface area (Å²) in [5.74, 6) is 0.603. The Kier molecular flexibility index (Phi) is 6.03. The summed E-state index contributed by atoms with van der Waals surface area (Å²) in [6, 6.07) is 12.8. The minimum absolute atomic E-state index is 0.0510. The molecule has 31 heavy (non-hydrogen) atoms. The lowest BCUT2D eigenvalue weighted by Crippen LogP contribution is -2.42. The average Bonchev–Trinajstić information content (AvgIpc) is 3.42. The molecule has 0 spiro atoms. The number of amides is 2. The van der Waals surface area contributed by atoms with Crippen molar-refractivity contribution in [1.29, 1.82) is 0 Å². The van der Waals surface area contributed by atoms with E-state index in [1.165, 1.54) is 7.11 Å². The van der Waals surface area contributed by atoms with Crippen LogP contribution in [0.15, 0.2) is 48.7 Å². The summed E-state index contributed by atoms with van der Waals surface area (Å²) >= 11 is 0. The molecule has 9 nitrogen and oxygen atoms in total. The van der Waals surface area contributed by atoms with E-state index < -0.39 is 0 Å². The van der Waals surface area contributed by atoms with E-state index in [1.54, 1.807) is 30.2 Å². The van der Waals surface area contributed by atoms with Crippen LogP contribution < -0.4 is 5.32 Å². The molecule has 0 saturated carbocycles. The molecule has 2 N–H and O–H groups in total. The second-order valence-electron chi connectivity index (χ2n) is 7.47. The number of pyridine rings is 1. The highest BCUT2D eigenvalue weighted by atomic mass is 16.5. The standard InChI is InChI=1S/C22H24N6O3/c1-14-16(9-6-10-23-14)22(30)28-11-17(18(12-28)24-19(29)13-31-2)21-25-20(26-27-21)15-7-4-3-5-8-15/h3-10,17-18H,11-13H2,1-2H3,(H,24,29)(H,25,26,27)/t17-,18-/m1/s1. The largest absolute Gasteiger partial charge is 0.375 e. The van der Waals surface area contributed by atoms with Gasteiger partial charge in [-0.25, -0.2) is 4.98 Å². The van der Waals surface area contributed by atoms with Crippen LogP contribution in [0, 0.1) is 6.92 Å². The van der Waals surface area contributed by atoms with Crippen molar-refractivity contribution in [3.63, 3.8) is 0 Å². The highest BCUT2D eigenvalue weighted by Crippen LogP contribution is 2.28. The van der Waals surface area contributed by atoms with Gasteiger partial charge in [-0.3, -0.25) is 19.7 Å². The zero-order valence-electron chi connectivity index (χ0n) is 17.4. The first kappa shape index (κ1) is 20.7. The molecule has 2 amide bonds. The van der Waals surface area contributed by atoms with Crippen LogP contribution >= 0.6 is 0 Å². The van der Waals surface area contributed by atoms with E-state index in [-0.39, 0.29) is 30.4 Å². The molecule has 3 heterocycles. The molecular formula is C22H24N6O3. The van der Waals surface area contributed by atoms with E-state index in [4.69, 9.17) is 4.74 Å². The van der Waals surface area contributed by atoms with Crippen molar-refractivity contribution in [2.45, 2.75) is 18.9 Å². The van der Waals surface area contributed by atoms with Gasteiger partial charge in [0.05, 0.1) is 17.5 Å². The number of methoxy groups -OCH3 is 1. The van der Waals surface area contributed by atoms with Crippen molar-refractivity contribution in [3.8, 4) is 11.4 Å². The highest BCUT2D eigenvalue weighted by Gasteiger charge is 2.39. The first-order valence-electron chi connectivity index (χ1n) is 10.0. The number of hydrogen-bond acceptors (Lipinski definition) is 6. The third kappa shape index (κ3) is 4.46. The molecule has 0 unspecified atom stereocenters. The van der Waals surface area contributed by atoms with Gasteiger partial charge in [0.15, 0.2) is 5.82 Å². The Balaban J connectivity index is 1.59. The number of aromatic nitrogens is 4. The van der Waals surface area contributed by atoms with Gasteiger partial charge in [-0.15, -0.1) is 0 Å². The number of hydrogen-bond donors (Lipinski definition) is 2. The number of aryl methyl sites for hydroxylation is 1. The normalized spacial score (nSPS) is 18.2. The molecule has 2 atom stereocenters. The van der Waals surface area contributed by atoms with Crippen molar-refractivity contribution in [2.75, 3.05) is 26.8 Å². The Morgan fingerprint density at radius 3 is 2.74 bits per heavy atom. The Morgan fingerprint density at radius 1 is 1.19 bits per heavy atom. The quantitative estimate of drug-likeness (QED) is 0.626. The maximum atomic E-state index is 13.1. The number of benzene rings is 1. The maximum Gasteiger partial charge on any atom is 0.255 e. The maximum absolute atomic E-state index is 13.1. The molecule has 1 aliphatic heterocycles. The van der Waals surface area contributed by atoms with Crippen LogP contribution in [0.25, 0.3) is 11.4 Å². The van der Waals surface area contributed by atoms with Gasteiger partial charge in [-0.2, -0.15) is 5.10 Å². The summed E-state index contributed by atoms with van der Waals surface area (Å²) in [5.41, 5.74) is 2.11. The molecule has 1 aliphatic rings. The molecule has 0 radical (unpaired) electrons. The lowest BCUT2D eigenvalue weighted by atomic mass is 10.0. The topological polar surface area (TPSA) is 113 Å². The number of likely N-dealkylation sites (tertiary alicyclic amines) is 1. The van der Waals surface area contributed by atoms with Crippen LogP contribution in [0.2, 0.25) is 0 Å². The van der Waals surface area contributed by atoms with Gasteiger partial charge in [-0.1, -0.05) is 30.3 Å². The summed E-state index contributed by atoms with van der Waals surface area (Å²) in [4.78, 5) is 35.9. The van der Waals surface area contributed by atoms with Gasteiger partial charge in [0.2, 0.25) is 5.91 Å². The summed E-state index contributed by atoms with van der Waals surface area (Å²) in [6.07, 6.45) is 1.66. The smallest absolute Gasteiger partial charge is 0.255 e. The van der Waals surface area contributed by atoms with E-state index >= 15 is 0 Å². The fourth-order valence-corrected chi connectivity index (χ4v) is 3.81. The number of nitrogens with zero attached hydrogens (tertiary/aromatic N) is 4. The summed E-state index contributed by atoms with van der Waals surface area (Å²) in [6.45, 7) is 2.51. The SMILES string of the molecule is COCC(=O)N[C@@H]1CN(C(=O)c2cccnc2C)C[C@H]1c1nc(-c2ccccc2)n[nH]1. The van der Waals surface area contributed by atoms with Crippen molar-refractivity contribution in [3.05, 3.63) is 65.7 Å². The summed E-state index contributed by atoms with van der Waals surface area (Å²) < 4.78 is 4.94. The van der Waals surface area contributed by atoms with Crippen molar-refractivity contribution in [2.24, 2.45) is 0 Å². The van der Waals surface area contributed by atoms with Crippen LogP contribution in [0.1, 0.15) is 27.8 Å². The second kappa shape index (κ2) is 9.05. The molecule has 0 aliphatic carbocycles. The minimum Gasteiger partial charge on any atom is -0.375 e. The molecular weight excluding hydrogens is 396 g/mol. The third-order valence-corrected chi connectivity index (χ3v) is 5.35. The zero-order valence-corrected chi connectivity index (χ0v) is 17.4. The van der Waals surface area contributed by atoms with E-state index in [0.717, 1.165) is 5.56 Å². The van der Waals surface area contributed by atoms with Crippen molar-refractivity contribution in [1.82, 2.24) is 30.4 Å². The first-order valence-corrected chi connectivity index (χ1v) is 10.0. The van der Waals surface area contributed by atoms with Crippen molar-refractivity contribution >= 4 is 11.8 Å². The predicted octanol–water partition coefficient (Wildman–Crippen LogP) is 1.55. The van der Waals surface area contributed by atoms with E-state index in [1.807, 2.05) is 30.3 Å². The van der Waals surface area contributed by atoms with Crippen LogP contribution in [-0.2, 0) is 9.53 Å². The lowest BCUT2D eigenvalue weighted by Gasteiger charge is -2.18. The Bertz CT molecular complexity index is 1070. The molecule has 1 saturated heterocycles. The first-order chi connectivity index (χ1) is 15.1. The Morgan fingerprint density at radius 2 is 2.00 bits per heavy atom. The van der Waals surface area contributed by atoms with E-state index in [0.29, 0.717) is 36.0 Å². The van der Waals surface area contributed by atoms with Crippen LogP contribution in [0.5, 0.6) is 0 Å². The lowest BCUT2D eigenvalue weighted by molar-refractivity contribution is -0.125. The molecule has 2 aromatic heterocycles. The number of nitrogens with one attached hydrogen (secondary N) is 2. The van der Waals surface area contributed by atoms with Gasteiger partial charge < -0.3 is 15.0 Å². The fourth-order valence-electron chi connectivity index (χ4n) is 3.81. The van der Waals surface area contributed by atoms with Crippen LogP contribution in [0.4, 0.5) is 0 Å². The van der Waals surface area contributed by atoms with E-state index in [2.05, 4.69) is 25.5 Å². The predicted molar refractivity (Wildman–Crippen MR) is 113 cm³/mol. The number of carbonyl (C=O) groups is 2. The average molecular weight is 420 g/mol. The summed E-state index contributed by atoms with van der Waals surface area (Å²) in [7, 11) is 1.47. The van der Waals surface area contributed by atoms with E-state index in [9.17, 15) is 9.59 Å². The van der Waals surface area contributed by atoms with Gasteiger partial charge in [0.1, 0.15) is 12.4 Å². The molecule has 9 heteroatoms. The second-order valence-corrected chi connectivity index (χ2v) is 7.47. The van der Waals surface area contributed by atoms with Crippen LogP contribution in [0.3, 0.4) is 0 Å². The summed E-state index contributed by atoms with van der Waals surface area (Å²) in [5, 5.41) is 10.3. The van der Waals surface area contributed by atoms with Gasteiger partial charge in [-0.05, 0) is 19.1 Å². The third-order valence-electron chi connectivity index (χ3n) is 5.35.